The normalized spacial score (nSPS) is 12.4. The lowest BCUT2D eigenvalue weighted by Gasteiger charge is -2.20. The van der Waals surface area contributed by atoms with Crippen molar-refractivity contribution in [1.82, 2.24) is 5.43 Å². The third kappa shape index (κ3) is 2.78. The fraction of sp³-hybridized carbons (Fsp3) is 0.0769. The first-order chi connectivity index (χ1) is 9.45. The summed E-state index contributed by atoms with van der Waals surface area (Å²) in [6.45, 7) is 0. The van der Waals surface area contributed by atoms with Crippen molar-refractivity contribution in [3.8, 4) is 0 Å². The number of hydrogen-bond acceptors (Lipinski definition) is 3. The lowest BCUT2D eigenvalue weighted by atomic mass is 9.97. The second-order valence-corrected chi connectivity index (χ2v) is 5.37. The molecule has 3 nitrogen and oxygen atoms in total. The summed E-state index contributed by atoms with van der Waals surface area (Å²) < 4.78 is 28.0. The summed E-state index contributed by atoms with van der Waals surface area (Å²) >= 11 is 8.97. The molecule has 0 spiro atoms. The Kier molecular flexibility index (Phi) is 4.59. The van der Waals surface area contributed by atoms with Crippen LogP contribution in [-0.2, 0) is 0 Å². The van der Waals surface area contributed by atoms with Crippen LogP contribution in [0.3, 0.4) is 0 Å². The summed E-state index contributed by atoms with van der Waals surface area (Å²) in [4.78, 5) is 0. The first-order valence-electron chi connectivity index (χ1n) is 5.60. The van der Waals surface area contributed by atoms with Crippen molar-refractivity contribution < 1.29 is 8.78 Å². The standard InChI is InChI=1S/C13H11BrClF2N3/c14-9-3-2-7(12(17)11(9)15)13(20-19)8-5-6(16)1-4-10(8)18/h1-5,13,20H,18-19H2. The lowest BCUT2D eigenvalue weighted by Crippen LogP contribution is -2.30. The smallest absolute Gasteiger partial charge is 0.148 e. The number of nitrogen functional groups attached to an aromatic ring is 1. The van der Waals surface area contributed by atoms with E-state index in [0.29, 0.717) is 15.7 Å². The largest absolute Gasteiger partial charge is 0.398 e. The van der Waals surface area contributed by atoms with Crippen LogP contribution in [0.2, 0.25) is 5.02 Å². The van der Waals surface area contributed by atoms with Gasteiger partial charge in [-0.1, -0.05) is 17.7 Å². The predicted octanol–water partition coefficient (Wildman–Crippen LogP) is 3.52. The molecule has 0 heterocycles. The molecule has 0 aromatic heterocycles. The minimum atomic E-state index is -0.809. The summed E-state index contributed by atoms with van der Waals surface area (Å²) in [6.07, 6.45) is 0. The van der Waals surface area contributed by atoms with Gasteiger partial charge in [0.2, 0.25) is 0 Å². The van der Waals surface area contributed by atoms with Gasteiger partial charge in [-0.05, 0) is 40.2 Å². The van der Waals surface area contributed by atoms with Crippen molar-refractivity contribution >= 4 is 33.2 Å². The molecule has 0 aliphatic carbocycles. The maximum absolute atomic E-state index is 14.2. The Morgan fingerprint density at radius 2 is 1.85 bits per heavy atom. The minimum absolute atomic E-state index is 0.0716. The molecule has 0 aliphatic rings. The van der Waals surface area contributed by atoms with Crippen LogP contribution in [0, 0.1) is 11.6 Å². The van der Waals surface area contributed by atoms with Gasteiger partial charge in [0.05, 0.1) is 11.1 Å². The second kappa shape index (κ2) is 6.05. The summed E-state index contributed by atoms with van der Waals surface area (Å²) in [6, 6.07) is 6.09. The average Bonchev–Trinajstić information content (AvgIpc) is 2.43. The van der Waals surface area contributed by atoms with Gasteiger partial charge < -0.3 is 5.73 Å². The highest BCUT2D eigenvalue weighted by Gasteiger charge is 2.22. The van der Waals surface area contributed by atoms with Crippen LogP contribution in [0.4, 0.5) is 14.5 Å². The number of anilines is 1. The number of nitrogens with two attached hydrogens (primary N) is 2. The molecule has 20 heavy (non-hydrogen) atoms. The first kappa shape index (κ1) is 15.2. The van der Waals surface area contributed by atoms with E-state index in [1.54, 1.807) is 6.07 Å². The van der Waals surface area contributed by atoms with E-state index in [1.807, 2.05) is 0 Å². The molecule has 0 fully saturated rings. The van der Waals surface area contributed by atoms with Crippen LogP contribution >= 0.6 is 27.5 Å². The number of nitrogens with one attached hydrogen (secondary N) is 1. The Hall–Kier alpha value is -1.21. The third-order valence-electron chi connectivity index (χ3n) is 2.90. The second-order valence-electron chi connectivity index (χ2n) is 4.14. The van der Waals surface area contributed by atoms with E-state index in [9.17, 15) is 8.78 Å². The van der Waals surface area contributed by atoms with Crippen molar-refractivity contribution in [1.29, 1.82) is 0 Å². The van der Waals surface area contributed by atoms with E-state index in [2.05, 4.69) is 21.4 Å². The van der Waals surface area contributed by atoms with Gasteiger partial charge in [-0.2, -0.15) is 0 Å². The number of rotatable bonds is 3. The Labute approximate surface area is 128 Å². The van der Waals surface area contributed by atoms with Crippen LogP contribution in [0.25, 0.3) is 0 Å². The van der Waals surface area contributed by atoms with Gasteiger partial charge in [0.15, 0.2) is 0 Å². The number of halogens is 4. The molecule has 1 unspecified atom stereocenters. The molecule has 0 aliphatic heterocycles. The highest BCUT2D eigenvalue weighted by Crippen LogP contribution is 2.34. The summed E-state index contributed by atoms with van der Waals surface area (Å²) in [5.74, 6) is 4.33. The van der Waals surface area contributed by atoms with Crippen molar-refractivity contribution in [2.75, 3.05) is 5.73 Å². The summed E-state index contributed by atoms with van der Waals surface area (Å²) in [5, 5.41) is -0.0716. The maximum atomic E-state index is 14.2. The van der Waals surface area contributed by atoms with Gasteiger partial charge >= 0.3 is 0 Å². The zero-order valence-electron chi connectivity index (χ0n) is 10.1. The predicted molar refractivity (Wildman–Crippen MR) is 79.1 cm³/mol. The number of hydrogen-bond donors (Lipinski definition) is 3. The Morgan fingerprint density at radius 3 is 2.50 bits per heavy atom. The Morgan fingerprint density at radius 1 is 1.15 bits per heavy atom. The van der Waals surface area contributed by atoms with E-state index in [0.717, 1.165) is 0 Å². The van der Waals surface area contributed by atoms with Gasteiger partial charge in [-0.25, -0.2) is 14.2 Å². The van der Waals surface area contributed by atoms with E-state index in [4.69, 9.17) is 23.2 Å². The van der Waals surface area contributed by atoms with Crippen LogP contribution in [0.1, 0.15) is 17.2 Å². The number of hydrazine groups is 1. The highest BCUT2D eigenvalue weighted by molar-refractivity contribution is 9.10. The molecule has 0 bridgehead atoms. The summed E-state index contributed by atoms with van der Waals surface area (Å²) in [5.41, 5.74) is 9.04. The van der Waals surface area contributed by atoms with E-state index < -0.39 is 17.7 Å². The lowest BCUT2D eigenvalue weighted by molar-refractivity contribution is 0.556. The average molecular weight is 363 g/mol. The van der Waals surface area contributed by atoms with Crippen molar-refractivity contribution in [2.24, 2.45) is 5.84 Å². The van der Waals surface area contributed by atoms with Crippen LogP contribution in [0.5, 0.6) is 0 Å². The minimum Gasteiger partial charge on any atom is -0.398 e. The molecule has 5 N–H and O–H groups in total. The third-order valence-corrected chi connectivity index (χ3v) is 4.16. The zero-order chi connectivity index (χ0) is 14.9. The van der Waals surface area contributed by atoms with E-state index in [1.165, 1.54) is 24.3 Å². The SMILES string of the molecule is NNC(c1cc(F)ccc1N)c1ccc(Br)c(Cl)c1F. The van der Waals surface area contributed by atoms with Crippen molar-refractivity contribution in [3.05, 3.63) is 62.6 Å². The van der Waals surface area contributed by atoms with Crippen LogP contribution in [0.15, 0.2) is 34.8 Å². The number of benzene rings is 2. The van der Waals surface area contributed by atoms with Gasteiger partial charge in [0, 0.05) is 21.3 Å². The van der Waals surface area contributed by atoms with Gasteiger partial charge in [0.1, 0.15) is 11.6 Å². The zero-order valence-corrected chi connectivity index (χ0v) is 12.5. The molecule has 1 atom stereocenters. The molecule has 0 radical (unpaired) electrons. The first-order valence-corrected chi connectivity index (χ1v) is 6.77. The molecule has 2 rings (SSSR count). The summed E-state index contributed by atoms with van der Waals surface area (Å²) in [7, 11) is 0. The molecule has 2 aromatic rings. The quantitative estimate of drug-likeness (QED) is 0.339. The maximum Gasteiger partial charge on any atom is 0.148 e. The molecule has 106 valence electrons. The monoisotopic (exact) mass is 361 g/mol. The molecule has 0 saturated carbocycles. The molecule has 7 heteroatoms. The van der Waals surface area contributed by atoms with Gasteiger partial charge in [0.25, 0.3) is 0 Å². The van der Waals surface area contributed by atoms with Crippen molar-refractivity contribution in [3.63, 3.8) is 0 Å². The van der Waals surface area contributed by atoms with Gasteiger partial charge in [-0.3, -0.25) is 5.84 Å². The molecular formula is C13H11BrClF2N3. The topological polar surface area (TPSA) is 64.1 Å². The Balaban J connectivity index is 2.58. The molecule has 0 saturated heterocycles. The van der Waals surface area contributed by atoms with Crippen LogP contribution in [-0.4, -0.2) is 0 Å². The molecule has 0 amide bonds. The van der Waals surface area contributed by atoms with Crippen molar-refractivity contribution in [2.45, 2.75) is 6.04 Å². The Bertz CT molecular complexity index is 652. The molecule has 2 aromatic carbocycles. The van der Waals surface area contributed by atoms with Gasteiger partial charge in [-0.15, -0.1) is 0 Å². The van der Waals surface area contributed by atoms with Crippen LogP contribution < -0.4 is 17.0 Å². The fourth-order valence-electron chi connectivity index (χ4n) is 1.91. The highest BCUT2D eigenvalue weighted by atomic mass is 79.9. The van der Waals surface area contributed by atoms with E-state index in [-0.39, 0.29) is 10.6 Å². The fourth-order valence-corrected chi connectivity index (χ4v) is 2.38. The van der Waals surface area contributed by atoms with E-state index >= 15 is 0 Å². The molecular weight excluding hydrogens is 352 g/mol.